The number of ether oxygens (including phenoxy) is 4. The molecular formula is C40H50F3N5O10S. The summed E-state index contributed by atoms with van der Waals surface area (Å²) in [5.74, 6) is -2.38. The van der Waals surface area contributed by atoms with Gasteiger partial charge in [-0.3, -0.25) is 19.1 Å². The Morgan fingerprint density at radius 1 is 1.07 bits per heavy atom. The maximum absolute atomic E-state index is 14.9. The van der Waals surface area contributed by atoms with Crippen LogP contribution in [0.15, 0.2) is 36.5 Å². The van der Waals surface area contributed by atoms with Crippen molar-refractivity contribution in [2.24, 2.45) is 17.8 Å². The number of nitrogens with zero attached hydrogens (tertiary/aromatic N) is 2. The highest BCUT2D eigenvalue weighted by atomic mass is 32.2. The van der Waals surface area contributed by atoms with Crippen LogP contribution in [0.4, 0.5) is 18.0 Å². The number of hydrogen-bond donors (Lipinski definition) is 3. The molecule has 59 heavy (non-hydrogen) atoms. The molecule has 3 N–H and O–H groups in total. The number of alkyl carbamates (subject to hydrolysis) is 1. The molecule has 2 aliphatic carbocycles. The Morgan fingerprint density at radius 2 is 1.81 bits per heavy atom. The van der Waals surface area contributed by atoms with E-state index < -0.39 is 86.4 Å². The molecule has 2 saturated carbocycles. The van der Waals surface area contributed by atoms with E-state index in [1.165, 1.54) is 11.1 Å². The fraction of sp³-hybridized carbons (Fsp3) is 0.625. The molecule has 3 aliphatic heterocycles. The van der Waals surface area contributed by atoms with Crippen LogP contribution in [-0.2, 0) is 29.1 Å². The number of pyridine rings is 1. The minimum absolute atomic E-state index is 0.0341. The maximum Gasteiger partial charge on any atom is 0.427 e. The van der Waals surface area contributed by atoms with Gasteiger partial charge in [0.05, 0.1) is 11.8 Å². The monoisotopic (exact) mass is 849 g/mol. The van der Waals surface area contributed by atoms with Crippen LogP contribution >= 0.6 is 0 Å². The zero-order chi connectivity index (χ0) is 42.5. The third kappa shape index (κ3) is 8.75. The van der Waals surface area contributed by atoms with Gasteiger partial charge < -0.3 is 34.5 Å². The summed E-state index contributed by atoms with van der Waals surface area (Å²) in [6.07, 6.45) is 0.607. The Hall–Kier alpha value is -4.81. The van der Waals surface area contributed by atoms with Gasteiger partial charge in [0.2, 0.25) is 33.3 Å². The summed E-state index contributed by atoms with van der Waals surface area (Å²) < 4.78 is 92.3. The number of nitrogens with one attached hydrogen (secondary N) is 3. The lowest BCUT2D eigenvalue weighted by Gasteiger charge is -2.35. The molecule has 15 nitrogen and oxygen atoms in total. The summed E-state index contributed by atoms with van der Waals surface area (Å²) in [4.78, 5) is 62.2. The number of aromatic nitrogens is 1. The molecule has 0 spiro atoms. The second-order valence-corrected chi connectivity index (χ2v) is 18.7. The lowest BCUT2D eigenvalue weighted by Crippen LogP contribution is -2.59. The molecule has 5 aliphatic rings. The van der Waals surface area contributed by atoms with Gasteiger partial charge in [0.15, 0.2) is 11.5 Å². The summed E-state index contributed by atoms with van der Waals surface area (Å²) in [6, 6.07) is 2.45. The number of fused-ring (bicyclic) bond motifs is 5. The van der Waals surface area contributed by atoms with Gasteiger partial charge in [0.1, 0.15) is 36.9 Å². The fourth-order valence-electron chi connectivity index (χ4n) is 8.15. The second-order valence-electron chi connectivity index (χ2n) is 16.8. The minimum Gasteiger partial charge on any atom is -0.486 e. The van der Waals surface area contributed by atoms with Crippen LogP contribution in [0.1, 0.15) is 79.1 Å². The highest BCUT2D eigenvalue weighted by Crippen LogP contribution is 2.47. The van der Waals surface area contributed by atoms with Gasteiger partial charge in [0.25, 0.3) is 5.91 Å². The van der Waals surface area contributed by atoms with Crippen LogP contribution in [0.25, 0.3) is 10.8 Å². The number of halogens is 3. The number of carbonyl (C=O) groups is 4. The predicted molar refractivity (Wildman–Crippen MR) is 206 cm³/mol. The zero-order valence-corrected chi connectivity index (χ0v) is 34.1. The largest absolute Gasteiger partial charge is 0.486 e. The van der Waals surface area contributed by atoms with E-state index in [1.54, 1.807) is 31.2 Å². The number of amides is 4. The smallest absolute Gasteiger partial charge is 0.427 e. The molecule has 7 rings (SSSR count). The molecule has 7 atom stereocenters. The second kappa shape index (κ2) is 16.0. The van der Waals surface area contributed by atoms with Crippen molar-refractivity contribution in [3.63, 3.8) is 0 Å². The van der Waals surface area contributed by atoms with Gasteiger partial charge in [-0.25, -0.2) is 18.2 Å². The van der Waals surface area contributed by atoms with E-state index in [0.717, 1.165) is 0 Å². The molecule has 0 radical (unpaired) electrons. The van der Waals surface area contributed by atoms with Crippen LogP contribution in [0.2, 0.25) is 0 Å². The molecule has 0 bridgehead atoms. The van der Waals surface area contributed by atoms with Crippen molar-refractivity contribution in [1.29, 1.82) is 0 Å². The quantitative estimate of drug-likeness (QED) is 0.313. The minimum atomic E-state index is -4.92. The Balaban J connectivity index is 1.24. The van der Waals surface area contributed by atoms with E-state index in [-0.39, 0.29) is 31.2 Å². The average Bonchev–Trinajstić information content (AvgIpc) is 4.10. The Labute approximate surface area is 340 Å². The van der Waals surface area contributed by atoms with Crippen LogP contribution < -0.4 is 29.6 Å². The first-order chi connectivity index (χ1) is 27.8. The number of benzene rings is 1. The third-order valence-corrected chi connectivity index (χ3v) is 13.8. The SMILES string of the molecule is CC[C@@H]1C[C@@H](C)CC/C=C\[C@@H]2C[C@@]2(C(=O)NS(=O)(=O)C2CC2)NC(=O)[C@@H]2C[C@@H](Oc3nccc4c5c(ccc34)OCCO5)CN2C(=O)C1NC(=O)OC(C)(C)C(F)(F)F. The first-order valence-corrected chi connectivity index (χ1v) is 21.6. The van der Waals surface area contributed by atoms with E-state index in [0.29, 0.717) is 87.9 Å². The molecule has 1 aromatic heterocycles. The van der Waals surface area contributed by atoms with Gasteiger partial charge in [-0.2, -0.15) is 13.2 Å². The summed E-state index contributed by atoms with van der Waals surface area (Å²) in [7, 11) is -3.99. The number of carbonyl (C=O) groups excluding carboxylic acids is 4. The topological polar surface area (TPSA) is 192 Å². The molecule has 1 saturated heterocycles. The van der Waals surface area contributed by atoms with Crippen molar-refractivity contribution in [2.75, 3.05) is 19.8 Å². The molecular weight excluding hydrogens is 800 g/mol. The van der Waals surface area contributed by atoms with Crippen molar-refractivity contribution in [3.05, 3.63) is 36.5 Å². The normalized spacial score (nSPS) is 29.5. The lowest BCUT2D eigenvalue weighted by atomic mass is 9.85. The Bertz CT molecular complexity index is 2130. The van der Waals surface area contributed by atoms with E-state index in [4.69, 9.17) is 18.9 Å². The fourth-order valence-corrected chi connectivity index (χ4v) is 9.52. The zero-order valence-electron chi connectivity index (χ0n) is 33.3. The van der Waals surface area contributed by atoms with Crippen LogP contribution in [0.3, 0.4) is 0 Å². The van der Waals surface area contributed by atoms with E-state index in [2.05, 4.69) is 20.3 Å². The molecule has 3 fully saturated rings. The lowest BCUT2D eigenvalue weighted by molar-refractivity contribution is -0.244. The first-order valence-electron chi connectivity index (χ1n) is 20.1. The van der Waals surface area contributed by atoms with E-state index in [1.807, 2.05) is 13.0 Å². The van der Waals surface area contributed by atoms with Crippen LogP contribution in [0.5, 0.6) is 17.4 Å². The van der Waals surface area contributed by atoms with Crippen molar-refractivity contribution in [2.45, 2.75) is 120 Å². The molecule has 4 amide bonds. The summed E-state index contributed by atoms with van der Waals surface area (Å²) in [6.45, 7) is 5.64. The van der Waals surface area contributed by atoms with E-state index in [9.17, 15) is 40.8 Å². The number of sulfonamides is 1. The Kier molecular flexibility index (Phi) is 11.5. The van der Waals surface area contributed by atoms with E-state index >= 15 is 0 Å². The highest BCUT2D eigenvalue weighted by Gasteiger charge is 2.62. The molecule has 4 heterocycles. The summed E-state index contributed by atoms with van der Waals surface area (Å²) >= 11 is 0. The molecule has 2 aromatic rings. The molecule has 1 aromatic carbocycles. The highest BCUT2D eigenvalue weighted by molar-refractivity contribution is 7.91. The molecule has 1 unspecified atom stereocenters. The number of rotatable bonds is 8. The predicted octanol–water partition coefficient (Wildman–Crippen LogP) is 4.68. The van der Waals surface area contributed by atoms with Crippen molar-refractivity contribution >= 4 is 44.6 Å². The molecule has 19 heteroatoms. The average molecular weight is 850 g/mol. The third-order valence-electron chi connectivity index (χ3n) is 12.0. The molecule has 322 valence electrons. The first kappa shape index (κ1) is 42.3. The summed E-state index contributed by atoms with van der Waals surface area (Å²) in [5.41, 5.74) is -4.52. The Morgan fingerprint density at radius 3 is 2.53 bits per heavy atom. The van der Waals surface area contributed by atoms with Crippen molar-refractivity contribution in [1.82, 2.24) is 25.2 Å². The number of alkyl halides is 3. The van der Waals surface area contributed by atoms with Crippen molar-refractivity contribution in [3.8, 4) is 17.4 Å². The maximum atomic E-state index is 14.9. The standard InChI is InChI=1S/C40H50F3N5O10S/c1-5-23-18-22(2)8-6-7-9-24-20-39(24,36(51)47-59(53,54)26-10-11-26)46-33(49)29-19-25(21-48(29)35(50)31(23)45-37(52)58-38(3,4)40(41,42)43)57-34-28-12-13-30-32(56-17-16-55-30)27(28)14-15-44-34/h7,9,12-15,22-26,29,31H,5-6,8,10-11,16-21H2,1-4H3,(H,45,52)(H,46,49)(H,47,51)/b9-7-/t22-,23+,24+,25+,29-,31?,39+/m0/s1. The van der Waals surface area contributed by atoms with Gasteiger partial charge in [-0.15, -0.1) is 0 Å². The van der Waals surface area contributed by atoms with Gasteiger partial charge in [-0.05, 0) is 82.4 Å². The van der Waals surface area contributed by atoms with Crippen LogP contribution in [0, 0.1) is 17.8 Å². The van der Waals surface area contributed by atoms with Crippen LogP contribution in [-0.4, -0.2) is 103 Å². The number of hydrogen-bond acceptors (Lipinski definition) is 11. The van der Waals surface area contributed by atoms with Gasteiger partial charge >= 0.3 is 12.3 Å². The van der Waals surface area contributed by atoms with Gasteiger partial charge in [0, 0.05) is 29.3 Å². The van der Waals surface area contributed by atoms with Crippen molar-refractivity contribution < 1.29 is 59.7 Å². The summed E-state index contributed by atoms with van der Waals surface area (Å²) in [5, 5.41) is 5.74. The number of allylic oxidation sites excluding steroid dienone is 1. The van der Waals surface area contributed by atoms with Gasteiger partial charge in [-0.1, -0.05) is 32.4 Å².